The topological polar surface area (TPSA) is 200 Å². The predicted octanol–water partition coefficient (Wildman–Crippen LogP) is -1.64. The molecule has 0 bridgehead atoms. The molecule has 14 nitrogen and oxygen atoms in total. The molecule has 0 unspecified atom stereocenters. The highest BCUT2D eigenvalue weighted by atomic mass is 32.2. The molecule has 154 valence electrons. The molecule has 4 N–H and O–H groups in total. The number of carbonyl (C=O) groups excluding carboxylic acids is 3. The number of hydrogen-bond donors (Lipinski definition) is 3. The second kappa shape index (κ2) is 8.36. The highest BCUT2D eigenvalue weighted by Gasteiger charge is 2.55. The van der Waals surface area contributed by atoms with Crippen molar-refractivity contribution < 1.29 is 41.7 Å². The van der Waals surface area contributed by atoms with Gasteiger partial charge in [0.15, 0.2) is 10.8 Å². The van der Waals surface area contributed by atoms with Crippen LogP contribution in [0.3, 0.4) is 0 Å². The molecule has 28 heavy (non-hydrogen) atoms. The van der Waals surface area contributed by atoms with Crippen LogP contribution in [-0.4, -0.2) is 78.9 Å². The minimum atomic E-state index is -4.95. The lowest BCUT2D eigenvalue weighted by Gasteiger charge is -2.43. The fourth-order valence-corrected chi connectivity index (χ4v) is 3.65. The highest BCUT2D eigenvalue weighted by Crippen LogP contribution is 2.24. The zero-order chi connectivity index (χ0) is 21.1. The number of hydrogen-bond acceptors (Lipinski definition) is 12. The van der Waals surface area contributed by atoms with Crippen LogP contribution < -0.4 is 11.1 Å². The first-order chi connectivity index (χ1) is 13.1. The Labute approximate surface area is 162 Å². The van der Waals surface area contributed by atoms with Gasteiger partial charge in [-0.2, -0.15) is 8.42 Å². The number of nitrogens with zero attached hydrogens (tertiary/aromatic N) is 3. The van der Waals surface area contributed by atoms with Crippen molar-refractivity contribution in [2.45, 2.75) is 12.1 Å². The zero-order valence-electron chi connectivity index (χ0n) is 14.4. The number of nitrogens with two attached hydrogens (primary N) is 1. The third-order valence-electron chi connectivity index (χ3n) is 3.41. The van der Waals surface area contributed by atoms with Gasteiger partial charge in [-0.05, 0) is 0 Å². The van der Waals surface area contributed by atoms with Crippen molar-refractivity contribution in [3.63, 3.8) is 0 Å². The minimum Gasteiger partial charge on any atom is -0.438 e. The summed E-state index contributed by atoms with van der Waals surface area (Å²) in [4.78, 5) is 44.1. The smallest absolute Gasteiger partial charge is 0.438 e. The van der Waals surface area contributed by atoms with Crippen molar-refractivity contribution in [1.82, 2.24) is 14.6 Å². The molecule has 1 aliphatic rings. The third-order valence-corrected chi connectivity index (χ3v) is 5.03. The predicted molar refractivity (Wildman–Crippen MR) is 92.5 cm³/mol. The zero-order valence-corrected chi connectivity index (χ0v) is 16.0. The van der Waals surface area contributed by atoms with E-state index < -0.39 is 47.0 Å². The fourth-order valence-electron chi connectivity index (χ4n) is 2.24. The number of amides is 2. The van der Waals surface area contributed by atoms with Gasteiger partial charge < -0.3 is 25.4 Å². The molecule has 0 spiro atoms. The number of carbonyl (C=O) groups is 3. The Bertz CT molecular complexity index is 912. The summed E-state index contributed by atoms with van der Waals surface area (Å²) in [5.41, 5.74) is 5.23. The summed E-state index contributed by atoms with van der Waals surface area (Å²) in [6.07, 6.45) is -1.15. The first kappa shape index (κ1) is 21.3. The molecule has 2 atom stereocenters. The van der Waals surface area contributed by atoms with Gasteiger partial charge in [-0.25, -0.2) is 14.1 Å². The van der Waals surface area contributed by atoms with Gasteiger partial charge in [0.1, 0.15) is 31.5 Å². The van der Waals surface area contributed by atoms with Crippen molar-refractivity contribution in [2.75, 3.05) is 26.6 Å². The van der Waals surface area contributed by atoms with Crippen LogP contribution in [0.4, 0.5) is 9.93 Å². The lowest BCUT2D eigenvalue weighted by Crippen LogP contribution is -2.73. The van der Waals surface area contributed by atoms with E-state index in [1.54, 1.807) is 0 Å². The van der Waals surface area contributed by atoms with E-state index in [0.29, 0.717) is 0 Å². The summed E-state index contributed by atoms with van der Waals surface area (Å²) < 4.78 is 40.8. The molecular weight excluding hydrogens is 422 g/mol. The molecule has 1 aromatic rings. The fraction of sp³-hybridized carbons (Fsp3) is 0.417. The van der Waals surface area contributed by atoms with E-state index in [9.17, 15) is 22.8 Å². The molecule has 1 fully saturated rings. The van der Waals surface area contributed by atoms with E-state index in [-0.39, 0.29) is 20.8 Å². The summed E-state index contributed by atoms with van der Waals surface area (Å²) in [7, 11) is -2.76. The number of aromatic nitrogens is 1. The Kier molecular flexibility index (Phi) is 6.37. The van der Waals surface area contributed by atoms with E-state index in [1.807, 2.05) is 0 Å². The summed E-state index contributed by atoms with van der Waals surface area (Å²) in [6.45, 7) is -0.677. The highest BCUT2D eigenvalue weighted by molar-refractivity contribution is 7.84. The number of nitrogen functional groups attached to an aromatic ring is 1. The molecule has 2 rings (SSSR count). The van der Waals surface area contributed by atoms with E-state index >= 15 is 0 Å². The summed E-state index contributed by atoms with van der Waals surface area (Å²) >= 11 is 1.02. The van der Waals surface area contributed by atoms with E-state index in [1.165, 1.54) is 12.5 Å². The average Bonchev–Trinajstić information content (AvgIpc) is 3.04. The number of nitrogens with one attached hydrogen (secondary N) is 1. The summed E-state index contributed by atoms with van der Waals surface area (Å²) in [5.74, 6) is -2.09. The van der Waals surface area contributed by atoms with Gasteiger partial charge in [-0.1, -0.05) is 5.16 Å². The molecule has 2 heterocycles. The van der Waals surface area contributed by atoms with Crippen molar-refractivity contribution in [1.29, 1.82) is 0 Å². The summed E-state index contributed by atoms with van der Waals surface area (Å²) in [5, 5.41) is 7.31. The quantitative estimate of drug-likeness (QED) is 0.145. The standard InChI is InChI=1S/C12H15N5O9S2/c1-24-12(20)26-3-6-8(10(19)17(6)28(21,22)23)15-9(18)7(16-25-2)5-4-27-11(13)14-5/h4,6,8H,3H2,1-2H3,(H2,13,14)(H,15,18)(H,21,22,23)/t6-,8+/m1/s1. The van der Waals surface area contributed by atoms with Crippen LogP contribution in [0.5, 0.6) is 0 Å². The maximum absolute atomic E-state index is 12.5. The van der Waals surface area contributed by atoms with Crippen LogP contribution in [0, 0.1) is 0 Å². The number of ether oxygens (including phenoxy) is 2. The van der Waals surface area contributed by atoms with Crippen molar-refractivity contribution in [2.24, 2.45) is 5.16 Å². The van der Waals surface area contributed by atoms with E-state index in [2.05, 4.69) is 29.8 Å². The number of rotatable bonds is 7. The maximum Gasteiger partial charge on any atom is 0.508 e. The Hall–Kier alpha value is -2.98. The number of anilines is 1. The van der Waals surface area contributed by atoms with Crippen LogP contribution >= 0.6 is 11.3 Å². The van der Waals surface area contributed by atoms with Crippen LogP contribution in [0.25, 0.3) is 0 Å². The lowest BCUT2D eigenvalue weighted by atomic mass is 9.99. The van der Waals surface area contributed by atoms with E-state index in [0.717, 1.165) is 18.4 Å². The first-order valence-corrected chi connectivity index (χ1v) is 9.52. The second-order valence-corrected chi connectivity index (χ2v) is 7.27. The Morgan fingerprint density at radius 3 is 2.64 bits per heavy atom. The van der Waals surface area contributed by atoms with Gasteiger partial charge >= 0.3 is 16.5 Å². The number of oxime groups is 1. The third kappa shape index (κ3) is 4.46. The van der Waals surface area contributed by atoms with Crippen molar-refractivity contribution in [3.8, 4) is 0 Å². The van der Waals surface area contributed by atoms with Gasteiger partial charge in [0, 0.05) is 5.38 Å². The molecule has 0 aliphatic carbocycles. The molecule has 0 radical (unpaired) electrons. The molecule has 1 aliphatic heterocycles. The normalized spacial score (nSPS) is 19.6. The number of thiazole rings is 1. The molecule has 2 amide bonds. The molecule has 0 saturated carbocycles. The van der Waals surface area contributed by atoms with Crippen molar-refractivity contribution >= 4 is 50.5 Å². The first-order valence-electron chi connectivity index (χ1n) is 7.25. The average molecular weight is 437 g/mol. The van der Waals surface area contributed by atoms with Crippen LogP contribution in [-0.2, 0) is 34.2 Å². The van der Waals surface area contributed by atoms with Gasteiger partial charge in [0.25, 0.3) is 11.8 Å². The van der Waals surface area contributed by atoms with Gasteiger partial charge in [-0.3, -0.25) is 14.1 Å². The van der Waals surface area contributed by atoms with Crippen molar-refractivity contribution in [3.05, 3.63) is 11.1 Å². The molecule has 0 aromatic carbocycles. The minimum absolute atomic E-state index is 0.0580. The van der Waals surface area contributed by atoms with Gasteiger partial charge in [0.05, 0.1) is 7.11 Å². The molecule has 1 aromatic heterocycles. The molecule has 1 saturated heterocycles. The summed E-state index contributed by atoms with van der Waals surface area (Å²) in [6, 6.07) is -2.85. The monoisotopic (exact) mass is 437 g/mol. The maximum atomic E-state index is 12.5. The Morgan fingerprint density at radius 2 is 2.14 bits per heavy atom. The molecule has 16 heteroatoms. The van der Waals surface area contributed by atoms with E-state index in [4.69, 9.17) is 10.3 Å². The van der Waals surface area contributed by atoms with Gasteiger partial charge in [0.2, 0.25) is 0 Å². The largest absolute Gasteiger partial charge is 0.508 e. The van der Waals surface area contributed by atoms with Crippen LogP contribution in [0.1, 0.15) is 5.69 Å². The SMILES string of the molecule is CON=C(C(=O)N[C@@H]1C(=O)N(S(=O)(=O)O)[C@@H]1COC(=O)OC)c1csc(N)n1. The van der Waals surface area contributed by atoms with Gasteiger partial charge in [-0.15, -0.1) is 11.3 Å². The van der Waals surface area contributed by atoms with Crippen LogP contribution in [0.15, 0.2) is 10.5 Å². The molecular formula is C12H15N5O9S2. The number of methoxy groups -OCH3 is 1. The number of β-lactam (4-membered cyclic amide) rings is 1. The Balaban J connectivity index is 2.21. The van der Waals surface area contributed by atoms with Crippen LogP contribution in [0.2, 0.25) is 0 Å². The second-order valence-electron chi connectivity index (χ2n) is 5.09. The lowest BCUT2D eigenvalue weighted by molar-refractivity contribution is -0.147. The Morgan fingerprint density at radius 1 is 1.46 bits per heavy atom.